The second-order valence-corrected chi connectivity index (χ2v) is 3.39. The lowest BCUT2D eigenvalue weighted by Gasteiger charge is -2.05. The Balaban J connectivity index is 0.000000187. The van der Waals surface area contributed by atoms with Gasteiger partial charge in [-0.25, -0.2) is 0 Å². The number of pyridine rings is 1. The molecule has 0 fully saturated rings. The average Bonchev–Trinajstić information content (AvgIpc) is 1.88. The lowest BCUT2D eigenvalue weighted by Crippen LogP contribution is -1.90. The van der Waals surface area contributed by atoms with Crippen LogP contribution in [0.5, 0.6) is 0 Å². The van der Waals surface area contributed by atoms with E-state index in [1.807, 2.05) is 39.0 Å². The zero-order valence-electron chi connectivity index (χ0n) is 7.41. The number of nitrogens with zero attached hydrogens (tertiary/aromatic N) is 1. The van der Waals surface area contributed by atoms with Crippen LogP contribution in [0.25, 0.3) is 0 Å². The SMILES string of the molecule is [B]C(C)(C)C.c1ccncc1. The Morgan fingerprint density at radius 2 is 1.36 bits per heavy atom. The predicted molar refractivity (Wildman–Crippen MR) is 49.7 cm³/mol. The summed E-state index contributed by atoms with van der Waals surface area (Å²) in [6.45, 7) is 5.90. The summed E-state index contributed by atoms with van der Waals surface area (Å²) < 4.78 is 0. The van der Waals surface area contributed by atoms with E-state index in [1.165, 1.54) is 0 Å². The molecule has 1 rings (SSSR count). The lowest BCUT2D eigenvalue weighted by molar-refractivity contribution is 0.767. The topological polar surface area (TPSA) is 12.9 Å². The van der Waals surface area contributed by atoms with Gasteiger partial charge in [-0.3, -0.25) is 4.98 Å². The molecular formula is C9H14BN. The maximum absolute atomic E-state index is 5.35. The third-order valence-electron chi connectivity index (χ3n) is 0.566. The van der Waals surface area contributed by atoms with E-state index in [0.717, 1.165) is 0 Å². The highest BCUT2D eigenvalue weighted by molar-refractivity contribution is 6.14. The van der Waals surface area contributed by atoms with E-state index in [-0.39, 0.29) is 5.31 Å². The molecule has 0 N–H and O–H groups in total. The van der Waals surface area contributed by atoms with Crippen LogP contribution in [-0.4, -0.2) is 12.8 Å². The molecule has 0 atom stereocenters. The smallest absolute Gasteiger partial charge is 0.0735 e. The van der Waals surface area contributed by atoms with Gasteiger partial charge in [0, 0.05) is 12.4 Å². The van der Waals surface area contributed by atoms with E-state index in [1.54, 1.807) is 12.4 Å². The van der Waals surface area contributed by atoms with Gasteiger partial charge in [-0.15, -0.1) is 0 Å². The van der Waals surface area contributed by atoms with Gasteiger partial charge >= 0.3 is 0 Å². The Labute approximate surface area is 70.3 Å². The second-order valence-electron chi connectivity index (χ2n) is 3.39. The van der Waals surface area contributed by atoms with Crippen LogP contribution in [0.4, 0.5) is 0 Å². The van der Waals surface area contributed by atoms with Gasteiger partial charge < -0.3 is 0 Å². The van der Waals surface area contributed by atoms with E-state index in [2.05, 4.69) is 4.98 Å². The number of hydrogen-bond donors (Lipinski definition) is 0. The van der Waals surface area contributed by atoms with Gasteiger partial charge in [0.25, 0.3) is 0 Å². The summed E-state index contributed by atoms with van der Waals surface area (Å²) >= 11 is 0. The zero-order chi connectivity index (χ0) is 8.74. The fourth-order valence-corrected chi connectivity index (χ4v) is 0.313. The quantitative estimate of drug-likeness (QED) is 0.513. The first-order valence-corrected chi connectivity index (χ1v) is 3.64. The van der Waals surface area contributed by atoms with Crippen LogP contribution < -0.4 is 0 Å². The maximum atomic E-state index is 5.35. The highest BCUT2D eigenvalue weighted by atomic mass is 14.6. The number of hydrogen-bond acceptors (Lipinski definition) is 1. The van der Waals surface area contributed by atoms with Gasteiger partial charge in [0.1, 0.15) is 0 Å². The van der Waals surface area contributed by atoms with Crippen molar-refractivity contribution < 1.29 is 0 Å². The van der Waals surface area contributed by atoms with Crippen molar-refractivity contribution in [2.24, 2.45) is 0 Å². The molecule has 1 aromatic heterocycles. The summed E-state index contributed by atoms with van der Waals surface area (Å²) in [5.41, 5.74) is 0. The molecule has 58 valence electrons. The van der Waals surface area contributed by atoms with E-state index in [0.29, 0.717) is 0 Å². The minimum Gasteiger partial charge on any atom is -0.265 e. The summed E-state index contributed by atoms with van der Waals surface area (Å²) in [4.78, 5) is 3.78. The molecule has 1 heterocycles. The summed E-state index contributed by atoms with van der Waals surface area (Å²) in [6.07, 6.45) is 3.50. The van der Waals surface area contributed by atoms with E-state index >= 15 is 0 Å². The van der Waals surface area contributed by atoms with Crippen LogP contribution in [0.2, 0.25) is 5.31 Å². The molecule has 0 saturated carbocycles. The molecule has 2 radical (unpaired) electrons. The van der Waals surface area contributed by atoms with Crippen molar-refractivity contribution in [2.45, 2.75) is 26.1 Å². The molecule has 11 heavy (non-hydrogen) atoms. The fraction of sp³-hybridized carbons (Fsp3) is 0.444. The Hall–Kier alpha value is -0.785. The predicted octanol–water partition coefficient (Wildman–Crippen LogP) is 2.45. The van der Waals surface area contributed by atoms with Gasteiger partial charge in [-0.1, -0.05) is 32.2 Å². The number of aromatic nitrogens is 1. The summed E-state index contributed by atoms with van der Waals surface area (Å²) in [7, 11) is 5.35. The van der Waals surface area contributed by atoms with Crippen molar-refractivity contribution in [3.63, 3.8) is 0 Å². The molecule has 0 bridgehead atoms. The molecule has 0 aromatic carbocycles. The third-order valence-corrected chi connectivity index (χ3v) is 0.566. The van der Waals surface area contributed by atoms with Crippen molar-refractivity contribution in [2.75, 3.05) is 0 Å². The highest BCUT2D eigenvalue weighted by Crippen LogP contribution is 2.13. The summed E-state index contributed by atoms with van der Waals surface area (Å²) in [6, 6.07) is 5.72. The van der Waals surface area contributed by atoms with Gasteiger partial charge in [-0.2, -0.15) is 0 Å². The standard InChI is InChI=1S/C5H5N.C4H9B/c1-2-4-6-5-3-1;1-4(2,3)5/h1-5H;1-3H3. The first-order valence-electron chi connectivity index (χ1n) is 3.64. The molecule has 0 aliphatic heterocycles. The molecule has 0 aliphatic rings. The molecule has 2 heteroatoms. The Bertz CT molecular complexity index is 134. The van der Waals surface area contributed by atoms with Crippen LogP contribution >= 0.6 is 0 Å². The first kappa shape index (κ1) is 10.2. The largest absolute Gasteiger partial charge is 0.265 e. The van der Waals surface area contributed by atoms with Gasteiger partial charge in [-0.05, 0) is 12.1 Å². The minimum absolute atomic E-state index is 0. The molecule has 0 unspecified atom stereocenters. The molecule has 0 saturated heterocycles. The minimum atomic E-state index is 0. The second kappa shape index (κ2) is 4.94. The van der Waals surface area contributed by atoms with Gasteiger partial charge in [0.15, 0.2) is 0 Å². The van der Waals surface area contributed by atoms with E-state index < -0.39 is 0 Å². The van der Waals surface area contributed by atoms with E-state index in [4.69, 9.17) is 7.85 Å². The molecule has 1 nitrogen and oxygen atoms in total. The first-order chi connectivity index (χ1) is 5.00. The van der Waals surface area contributed by atoms with Crippen molar-refractivity contribution in [3.8, 4) is 0 Å². The van der Waals surface area contributed by atoms with Gasteiger partial charge in [0.05, 0.1) is 7.85 Å². The zero-order valence-corrected chi connectivity index (χ0v) is 7.41. The normalized spacial score (nSPS) is 9.73. The van der Waals surface area contributed by atoms with E-state index in [9.17, 15) is 0 Å². The Morgan fingerprint density at radius 1 is 1.00 bits per heavy atom. The van der Waals surface area contributed by atoms with Crippen molar-refractivity contribution in [1.29, 1.82) is 0 Å². The third kappa shape index (κ3) is 17.6. The average molecular weight is 147 g/mol. The van der Waals surface area contributed by atoms with Crippen LogP contribution in [-0.2, 0) is 0 Å². The van der Waals surface area contributed by atoms with Crippen LogP contribution in [0.3, 0.4) is 0 Å². The number of rotatable bonds is 0. The monoisotopic (exact) mass is 147 g/mol. The molecule has 0 aliphatic carbocycles. The highest BCUT2D eigenvalue weighted by Gasteiger charge is 1.95. The lowest BCUT2D eigenvalue weighted by atomic mass is 9.75. The molecule has 1 aromatic rings. The van der Waals surface area contributed by atoms with Crippen molar-refractivity contribution in [1.82, 2.24) is 4.98 Å². The molecular weight excluding hydrogens is 133 g/mol. The van der Waals surface area contributed by atoms with Crippen LogP contribution in [0, 0.1) is 0 Å². The van der Waals surface area contributed by atoms with Gasteiger partial charge in [0.2, 0.25) is 0 Å². The summed E-state index contributed by atoms with van der Waals surface area (Å²) in [5.74, 6) is 0. The molecule has 0 amide bonds. The Morgan fingerprint density at radius 3 is 1.45 bits per heavy atom. The molecule has 0 spiro atoms. The van der Waals surface area contributed by atoms with Crippen LogP contribution in [0.15, 0.2) is 30.6 Å². The van der Waals surface area contributed by atoms with Crippen molar-refractivity contribution >= 4 is 7.85 Å². The maximum Gasteiger partial charge on any atom is 0.0735 e. The summed E-state index contributed by atoms with van der Waals surface area (Å²) in [5, 5.41) is 0. The van der Waals surface area contributed by atoms with Crippen molar-refractivity contribution in [3.05, 3.63) is 30.6 Å². The fourth-order valence-electron chi connectivity index (χ4n) is 0.313. The van der Waals surface area contributed by atoms with Crippen LogP contribution in [0.1, 0.15) is 20.8 Å². The Kier molecular flexibility index (Phi) is 4.59.